The highest BCUT2D eigenvalue weighted by Gasteiger charge is 2.24. The van der Waals surface area contributed by atoms with Crippen molar-refractivity contribution in [3.8, 4) is 11.5 Å². The SMILES string of the molecule is C[C@@H](Oc1ccc(Cl)cc1Cl)C(=O)Nc1ccc2c(c1)N[C@@H](c1ccncc1)O2. The third-order valence-corrected chi connectivity index (χ3v) is 4.88. The minimum Gasteiger partial charge on any atom is -0.479 e. The molecule has 0 saturated heterocycles. The number of rotatable bonds is 5. The van der Waals surface area contributed by atoms with Crippen LogP contribution in [0.1, 0.15) is 18.7 Å². The first kappa shape index (κ1) is 19.4. The predicted octanol–water partition coefficient (Wildman–Crippen LogP) is 5.30. The number of fused-ring (bicyclic) bond motifs is 1. The van der Waals surface area contributed by atoms with Crippen molar-refractivity contribution < 1.29 is 14.3 Å². The maximum atomic E-state index is 12.5. The molecule has 0 radical (unpaired) electrons. The molecule has 0 aliphatic carbocycles. The Kier molecular flexibility index (Phi) is 5.47. The van der Waals surface area contributed by atoms with Crippen molar-refractivity contribution in [3.63, 3.8) is 0 Å². The van der Waals surface area contributed by atoms with Gasteiger partial charge >= 0.3 is 0 Å². The first-order chi connectivity index (χ1) is 14.0. The highest BCUT2D eigenvalue weighted by molar-refractivity contribution is 6.35. The topological polar surface area (TPSA) is 72.5 Å². The number of anilines is 2. The molecule has 1 aliphatic heterocycles. The Hall–Kier alpha value is -2.96. The summed E-state index contributed by atoms with van der Waals surface area (Å²) in [5.74, 6) is 0.797. The molecule has 8 heteroatoms. The molecule has 0 bridgehead atoms. The molecule has 0 saturated carbocycles. The molecule has 6 nitrogen and oxygen atoms in total. The Balaban J connectivity index is 1.41. The number of ether oxygens (including phenoxy) is 2. The van der Waals surface area contributed by atoms with Crippen molar-refractivity contribution in [1.82, 2.24) is 4.98 Å². The maximum Gasteiger partial charge on any atom is 0.265 e. The van der Waals surface area contributed by atoms with Crippen LogP contribution in [-0.2, 0) is 4.79 Å². The minimum absolute atomic E-state index is 0.298. The first-order valence-electron chi connectivity index (χ1n) is 8.89. The van der Waals surface area contributed by atoms with Gasteiger partial charge in [0.15, 0.2) is 12.3 Å². The van der Waals surface area contributed by atoms with Gasteiger partial charge in [-0.1, -0.05) is 23.2 Å². The van der Waals surface area contributed by atoms with Gasteiger partial charge in [0.25, 0.3) is 5.91 Å². The van der Waals surface area contributed by atoms with Crippen molar-refractivity contribution in [1.29, 1.82) is 0 Å². The van der Waals surface area contributed by atoms with Gasteiger partial charge in [0, 0.05) is 28.7 Å². The van der Waals surface area contributed by atoms with Crippen molar-refractivity contribution in [2.45, 2.75) is 19.3 Å². The smallest absolute Gasteiger partial charge is 0.265 e. The van der Waals surface area contributed by atoms with E-state index in [1.54, 1.807) is 49.6 Å². The van der Waals surface area contributed by atoms with Gasteiger partial charge in [0.2, 0.25) is 0 Å². The number of hydrogen-bond acceptors (Lipinski definition) is 5. The molecule has 0 spiro atoms. The Morgan fingerprint density at radius 1 is 1.17 bits per heavy atom. The monoisotopic (exact) mass is 429 g/mol. The summed E-state index contributed by atoms with van der Waals surface area (Å²) in [6.45, 7) is 1.65. The van der Waals surface area contributed by atoms with E-state index < -0.39 is 6.10 Å². The summed E-state index contributed by atoms with van der Waals surface area (Å²) >= 11 is 12.0. The van der Waals surface area contributed by atoms with Gasteiger partial charge in [-0.25, -0.2) is 0 Å². The average molecular weight is 430 g/mol. The van der Waals surface area contributed by atoms with Gasteiger partial charge < -0.3 is 20.1 Å². The van der Waals surface area contributed by atoms with Crippen LogP contribution in [0.4, 0.5) is 11.4 Å². The number of benzene rings is 2. The summed E-state index contributed by atoms with van der Waals surface area (Å²) in [7, 11) is 0. The second-order valence-electron chi connectivity index (χ2n) is 6.46. The normalized spacial score (nSPS) is 15.6. The van der Waals surface area contributed by atoms with Gasteiger partial charge in [-0.2, -0.15) is 0 Å². The highest BCUT2D eigenvalue weighted by atomic mass is 35.5. The number of carbonyl (C=O) groups excluding carboxylic acids is 1. The fourth-order valence-corrected chi connectivity index (χ4v) is 3.32. The number of carbonyl (C=O) groups is 1. The molecular weight excluding hydrogens is 413 g/mol. The fourth-order valence-electron chi connectivity index (χ4n) is 2.87. The Morgan fingerprint density at radius 3 is 2.72 bits per heavy atom. The van der Waals surface area contributed by atoms with Crippen molar-refractivity contribution in [2.75, 3.05) is 10.6 Å². The van der Waals surface area contributed by atoms with Crippen LogP contribution >= 0.6 is 23.2 Å². The Labute approximate surface area is 177 Å². The van der Waals surface area contributed by atoms with Gasteiger partial charge in [-0.15, -0.1) is 0 Å². The van der Waals surface area contributed by atoms with E-state index in [2.05, 4.69) is 15.6 Å². The van der Waals surface area contributed by atoms with Crippen LogP contribution in [0.25, 0.3) is 0 Å². The summed E-state index contributed by atoms with van der Waals surface area (Å²) in [6.07, 6.45) is 2.37. The number of aromatic nitrogens is 1. The second kappa shape index (κ2) is 8.19. The van der Waals surface area contributed by atoms with E-state index in [4.69, 9.17) is 32.7 Å². The number of hydrogen-bond donors (Lipinski definition) is 2. The lowest BCUT2D eigenvalue weighted by Gasteiger charge is -2.16. The molecule has 2 aromatic carbocycles. The number of nitrogens with zero attached hydrogens (tertiary/aromatic N) is 1. The number of amides is 1. The summed E-state index contributed by atoms with van der Waals surface area (Å²) in [5, 5.41) is 6.97. The summed E-state index contributed by atoms with van der Waals surface area (Å²) < 4.78 is 11.6. The molecule has 1 aliphatic rings. The fraction of sp³-hybridized carbons (Fsp3) is 0.143. The van der Waals surface area contributed by atoms with E-state index in [0.29, 0.717) is 27.2 Å². The van der Waals surface area contributed by atoms with Crippen LogP contribution in [-0.4, -0.2) is 17.0 Å². The first-order valence-corrected chi connectivity index (χ1v) is 9.65. The number of nitrogens with one attached hydrogen (secondary N) is 2. The van der Waals surface area contributed by atoms with E-state index in [0.717, 1.165) is 11.3 Å². The molecular formula is C21H17Cl2N3O3. The average Bonchev–Trinajstić information content (AvgIpc) is 3.14. The van der Waals surface area contributed by atoms with Crippen molar-refractivity contribution in [2.24, 2.45) is 0 Å². The molecule has 2 heterocycles. The largest absolute Gasteiger partial charge is 0.479 e. The van der Waals surface area contributed by atoms with Crippen LogP contribution in [0.2, 0.25) is 10.0 Å². The zero-order valence-electron chi connectivity index (χ0n) is 15.4. The van der Waals surface area contributed by atoms with E-state index in [1.807, 2.05) is 18.2 Å². The quantitative estimate of drug-likeness (QED) is 0.575. The Morgan fingerprint density at radius 2 is 1.97 bits per heavy atom. The van der Waals surface area contributed by atoms with E-state index >= 15 is 0 Å². The van der Waals surface area contributed by atoms with Gasteiger partial charge in [-0.05, 0) is 55.5 Å². The minimum atomic E-state index is -0.754. The molecule has 2 N–H and O–H groups in total. The highest BCUT2D eigenvalue weighted by Crippen LogP contribution is 2.39. The molecule has 29 heavy (non-hydrogen) atoms. The van der Waals surface area contributed by atoms with Gasteiger partial charge in [0.05, 0.1) is 10.7 Å². The molecule has 0 unspecified atom stereocenters. The molecule has 1 aromatic heterocycles. The van der Waals surface area contributed by atoms with Crippen LogP contribution in [0.5, 0.6) is 11.5 Å². The summed E-state index contributed by atoms with van der Waals surface area (Å²) in [6, 6.07) is 14.0. The zero-order valence-corrected chi connectivity index (χ0v) is 16.9. The maximum absolute atomic E-state index is 12.5. The lowest BCUT2D eigenvalue weighted by Crippen LogP contribution is -2.30. The van der Waals surface area contributed by atoms with Gasteiger partial charge in [0.1, 0.15) is 11.5 Å². The van der Waals surface area contributed by atoms with Crippen LogP contribution in [0.15, 0.2) is 60.9 Å². The molecule has 148 valence electrons. The number of halogens is 2. The van der Waals surface area contributed by atoms with Gasteiger partial charge in [-0.3, -0.25) is 9.78 Å². The van der Waals surface area contributed by atoms with E-state index in [1.165, 1.54) is 0 Å². The summed E-state index contributed by atoms with van der Waals surface area (Å²) in [5.41, 5.74) is 2.38. The van der Waals surface area contributed by atoms with Crippen LogP contribution in [0, 0.1) is 0 Å². The van der Waals surface area contributed by atoms with Crippen molar-refractivity contribution >= 4 is 40.5 Å². The third kappa shape index (κ3) is 4.39. The molecule has 2 atom stereocenters. The molecule has 0 fully saturated rings. The van der Waals surface area contributed by atoms with E-state index in [-0.39, 0.29) is 12.1 Å². The lowest BCUT2D eigenvalue weighted by molar-refractivity contribution is -0.122. The third-order valence-electron chi connectivity index (χ3n) is 4.35. The summed E-state index contributed by atoms with van der Waals surface area (Å²) in [4.78, 5) is 16.5. The molecule has 4 rings (SSSR count). The number of pyridine rings is 1. The van der Waals surface area contributed by atoms with E-state index in [9.17, 15) is 4.79 Å². The molecule has 1 amide bonds. The lowest BCUT2D eigenvalue weighted by atomic mass is 10.2. The Bertz CT molecular complexity index is 1050. The molecule has 3 aromatic rings. The zero-order chi connectivity index (χ0) is 20.4. The van der Waals surface area contributed by atoms with Crippen LogP contribution in [0.3, 0.4) is 0 Å². The van der Waals surface area contributed by atoms with Crippen molar-refractivity contribution in [3.05, 3.63) is 76.5 Å². The van der Waals surface area contributed by atoms with Crippen LogP contribution < -0.4 is 20.1 Å². The standard InChI is InChI=1S/C21H17Cl2N3O3/c1-12(28-18-4-2-14(22)10-16(18)23)20(27)25-15-3-5-19-17(11-15)26-21(29-19)13-6-8-24-9-7-13/h2-12,21,26H,1H3,(H,25,27)/t12-,21-/m1/s1. The predicted molar refractivity (Wildman–Crippen MR) is 113 cm³/mol. The second-order valence-corrected chi connectivity index (χ2v) is 7.30.